The van der Waals surface area contributed by atoms with Gasteiger partial charge in [-0.15, -0.1) is 0 Å². The smallest absolute Gasteiger partial charge is 0.135 e. The molecule has 61 heavy (non-hydrogen) atoms. The highest BCUT2D eigenvalue weighted by Gasteiger charge is 2.26. The molecule has 294 valence electrons. The van der Waals surface area contributed by atoms with Crippen molar-refractivity contribution in [3.05, 3.63) is 239 Å². The van der Waals surface area contributed by atoms with E-state index in [-0.39, 0.29) is 11.8 Å². The van der Waals surface area contributed by atoms with Gasteiger partial charge in [-0.3, -0.25) is 0 Å². The number of fused-ring (bicyclic) bond motifs is 8. The molecule has 0 amide bonds. The lowest BCUT2D eigenvalue weighted by Crippen LogP contribution is -2.06. The minimum absolute atomic E-state index is 0.256. The second-order valence-electron chi connectivity index (χ2n) is 16.6. The Morgan fingerprint density at radius 1 is 0.443 bits per heavy atom. The average Bonchev–Trinajstić information content (AvgIpc) is 3.55. The molecule has 0 radical (unpaired) electrons. The summed E-state index contributed by atoms with van der Waals surface area (Å²) in [5.74, 6) is 2.27. The van der Waals surface area contributed by atoms with Crippen LogP contribution >= 0.6 is 0 Å². The van der Waals surface area contributed by atoms with E-state index in [4.69, 9.17) is 4.74 Å². The lowest BCUT2D eigenvalue weighted by Gasteiger charge is -2.22. The average molecular weight is 785 g/mol. The summed E-state index contributed by atoms with van der Waals surface area (Å²) in [6.07, 6.45) is 4.80. The van der Waals surface area contributed by atoms with E-state index in [2.05, 4.69) is 234 Å². The zero-order valence-electron chi connectivity index (χ0n) is 35.2. The summed E-state index contributed by atoms with van der Waals surface area (Å²) >= 11 is 0. The molecule has 0 bridgehead atoms. The lowest BCUT2D eigenvalue weighted by molar-refractivity contribution is 0.487. The molecule has 0 spiro atoms. The van der Waals surface area contributed by atoms with Gasteiger partial charge in [0.15, 0.2) is 0 Å². The minimum Gasteiger partial charge on any atom is -0.456 e. The van der Waals surface area contributed by atoms with E-state index in [0.717, 1.165) is 22.6 Å². The Bertz CT molecular complexity index is 3020. The van der Waals surface area contributed by atoms with Crippen molar-refractivity contribution in [2.24, 2.45) is 5.92 Å². The van der Waals surface area contributed by atoms with Crippen LogP contribution in [0.25, 0.3) is 67.3 Å². The molecule has 0 aromatic heterocycles. The second kappa shape index (κ2) is 16.1. The standard InChI is InChI=1S/C60H48O/c1-39(34-54(45-22-12-7-13-23-45)42(4)41(3)44-20-10-6-11-21-44)40(2)46-29-32-59-57(36-46)51-26-16-17-27-52(51)58-38-48(30-33-60(58)61-59)47-28-31-53-55(35-43-18-8-5-9-19-43)49-24-14-15-25-50(49)56(53)37-47/h5-40H,1-4H3. The zero-order valence-corrected chi connectivity index (χ0v) is 35.2. The molecule has 0 saturated heterocycles. The van der Waals surface area contributed by atoms with Gasteiger partial charge in [0, 0.05) is 11.1 Å². The van der Waals surface area contributed by atoms with E-state index < -0.39 is 0 Å². The minimum atomic E-state index is 0.256. The molecule has 1 heteroatoms. The van der Waals surface area contributed by atoms with Crippen molar-refractivity contribution in [3.8, 4) is 56.0 Å². The van der Waals surface area contributed by atoms with Crippen LogP contribution in [0.1, 0.15) is 67.0 Å². The largest absolute Gasteiger partial charge is 0.456 e. The molecule has 1 aliphatic carbocycles. The highest BCUT2D eigenvalue weighted by atomic mass is 16.5. The van der Waals surface area contributed by atoms with Crippen LogP contribution in [0.3, 0.4) is 0 Å². The van der Waals surface area contributed by atoms with Gasteiger partial charge in [-0.05, 0) is 151 Å². The Balaban J connectivity index is 0.998. The van der Waals surface area contributed by atoms with Crippen LogP contribution in [-0.4, -0.2) is 0 Å². The molecule has 0 saturated carbocycles. The summed E-state index contributed by atoms with van der Waals surface area (Å²) in [5.41, 5.74) is 22.2. The SMILES string of the molecule is CC(C(=CC(C)C(C)c1ccc2c(c1)-c1ccccc1-c1cc(-c3ccc4c(c3)-c3ccccc3C4=Cc3ccccc3)ccc1O2)c1ccccc1)=C(C)c1ccccc1. The van der Waals surface area contributed by atoms with Crippen LogP contribution in [0.15, 0.2) is 206 Å². The van der Waals surface area contributed by atoms with Gasteiger partial charge in [0.25, 0.3) is 0 Å². The summed E-state index contributed by atoms with van der Waals surface area (Å²) in [7, 11) is 0. The van der Waals surface area contributed by atoms with Crippen molar-refractivity contribution < 1.29 is 4.74 Å². The van der Waals surface area contributed by atoms with Gasteiger partial charge < -0.3 is 4.74 Å². The van der Waals surface area contributed by atoms with Crippen molar-refractivity contribution in [2.75, 3.05) is 0 Å². The fourth-order valence-corrected chi connectivity index (χ4v) is 9.23. The molecule has 1 heterocycles. The van der Waals surface area contributed by atoms with Gasteiger partial charge in [0.1, 0.15) is 11.5 Å². The Morgan fingerprint density at radius 3 is 1.59 bits per heavy atom. The number of rotatable bonds is 8. The molecule has 2 unspecified atom stereocenters. The third kappa shape index (κ3) is 7.17. The van der Waals surface area contributed by atoms with Crippen molar-refractivity contribution in [1.82, 2.24) is 0 Å². The van der Waals surface area contributed by atoms with Crippen molar-refractivity contribution in [1.29, 1.82) is 0 Å². The normalized spacial score (nSPS) is 14.6. The van der Waals surface area contributed by atoms with E-state index in [1.54, 1.807) is 0 Å². The predicted molar refractivity (Wildman–Crippen MR) is 258 cm³/mol. The summed E-state index contributed by atoms with van der Waals surface area (Å²) in [6, 6.07) is 70.2. The molecule has 1 nitrogen and oxygen atoms in total. The van der Waals surface area contributed by atoms with Crippen molar-refractivity contribution in [2.45, 2.75) is 33.6 Å². The van der Waals surface area contributed by atoms with Crippen LogP contribution in [0.5, 0.6) is 11.5 Å². The molecule has 2 atom stereocenters. The third-order valence-electron chi connectivity index (χ3n) is 13.0. The second-order valence-corrected chi connectivity index (χ2v) is 16.6. The number of allylic oxidation sites excluding steroid dienone is 4. The van der Waals surface area contributed by atoms with Crippen LogP contribution in [0.4, 0.5) is 0 Å². The van der Waals surface area contributed by atoms with Gasteiger partial charge in [-0.1, -0.05) is 184 Å². The Labute approximate surface area is 360 Å². The highest BCUT2D eigenvalue weighted by molar-refractivity contribution is 6.07. The van der Waals surface area contributed by atoms with E-state index >= 15 is 0 Å². The molecule has 2 aliphatic rings. The Kier molecular flexibility index (Phi) is 10.0. The molecular formula is C60H48O. The monoisotopic (exact) mass is 784 g/mol. The first-order valence-corrected chi connectivity index (χ1v) is 21.5. The molecule has 0 fully saturated rings. The predicted octanol–water partition coefficient (Wildman–Crippen LogP) is 16.7. The van der Waals surface area contributed by atoms with Gasteiger partial charge in [0.05, 0.1) is 0 Å². The fraction of sp³-hybridized carbons (Fsp3) is 0.100. The number of hydrogen-bond acceptors (Lipinski definition) is 1. The number of hydrogen-bond donors (Lipinski definition) is 0. The fourth-order valence-electron chi connectivity index (χ4n) is 9.23. The van der Waals surface area contributed by atoms with E-state index in [0.29, 0.717) is 0 Å². The molecule has 0 N–H and O–H groups in total. The lowest BCUT2D eigenvalue weighted by atomic mass is 9.83. The first-order chi connectivity index (χ1) is 29.9. The maximum absolute atomic E-state index is 6.86. The Hall–Kier alpha value is -7.22. The molecule has 1 aliphatic heterocycles. The van der Waals surface area contributed by atoms with Crippen molar-refractivity contribution >= 4 is 22.8 Å². The number of ether oxygens (including phenoxy) is 1. The van der Waals surface area contributed by atoms with Crippen LogP contribution in [-0.2, 0) is 0 Å². The van der Waals surface area contributed by atoms with Gasteiger partial charge >= 0.3 is 0 Å². The summed E-state index contributed by atoms with van der Waals surface area (Å²) in [6.45, 7) is 9.21. The van der Waals surface area contributed by atoms with Crippen LogP contribution < -0.4 is 4.74 Å². The molecule has 8 aromatic carbocycles. The molecule has 10 rings (SSSR count). The zero-order chi connectivity index (χ0) is 41.5. The number of benzene rings is 8. The first-order valence-electron chi connectivity index (χ1n) is 21.5. The quantitative estimate of drug-likeness (QED) is 0.139. The summed E-state index contributed by atoms with van der Waals surface area (Å²) < 4.78 is 6.86. The van der Waals surface area contributed by atoms with E-state index in [1.807, 2.05) is 0 Å². The van der Waals surface area contributed by atoms with Crippen LogP contribution in [0, 0.1) is 5.92 Å². The third-order valence-corrected chi connectivity index (χ3v) is 13.0. The van der Waals surface area contributed by atoms with Gasteiger partial charge in [-0.2, -0.15) is 0 Å². The first kappa shape index (κ1) is 38.0. The summed E-state index contributed by atoms with van der Waals surface area (Å²) in [4.78, 5) is 0. The topological polar surface area (TPSA) is 9.23 Å². The Morgan fingerprint density at radius 2 is 0.934 bits per heavy atom. The van der Waals surface area contributed by atoms with Gasteiger partial charge in [-0.25, -0.2) is 0 Å². The van der Waals surface area contributed by atoms with E-state index in [9.17, 15) is 0 Å². The molecular weight excluding hydrogens is 737 g/mol. The maximum Gasteiger partial charge on any atom is 0.135 e. The summed E-state index contributed by atoms with van der Waals surface area (Å²) in [5, 5.41) is 0. The highest BCUT2D eigenvalue weighted by Crippen LogP contribution is 2.50. The maximum atomic E-state index is 6.86. The van der Waals surface area contributed by atoms with Crippen molar-refractivity contribution in [3.63, 3.8) is 0 Å². The van der Waals surface area contributed by atoms with Crippen LogP contribution in [0.2, 0.25) is 0 Å². The van der Waals surface area contributed by atoms with E-state index in [1.165, 1.54) is 89.1 Å². The van der Waals surface area contributed by atoms with Gasteiger partial charge in [0.2, 0.25) is 0 Å². The molecule has 8 aromatic rings.